The number of allylic oxidation sites excluding steroid dienone is 1. The topological polar surface area (TPSA) is 58.0 Å². The van der Waals surface area contributed by atoms with Gasteiger partial charge in [0, 0.05) is 56.3 Å². The van der Waals surface area contributed by atoms with Crippen LogP contribution in [0.4, 0.5) is 4.79 Å². The summed E-state index contributed by atoms with van der Waals surface area (Å²) < 4.78 is 5.46. The van der Waals surface area contributed by atoms with Gasteiger partial charge in [-0.1, -0.05) is 43.3 Å². The standard InChI is InChI=1S/C27H32N4O2/c1-2-20-6-8-21(9-7-20)22-17-23(19-31(18-22)27(32)30-13-15-33-16-14-30)24-10-11-26(29-24)25-5-3-4-12-28-25/h3-9,11-12,22-23H,2,10,13-19H2,1H3. The van der Waals surface area contributed by atoms with Gasteiger partial charge in [0.25, 0.3) is 0 Å². The van der Waals surface area contributed by atoms with E-state index < -0.39 is 0 Å². The van der Waals surface area contributed by atoms with E-state index in [0.717, 1.165) is 43.7 Å². The van der Waals surface area contributed by atoms with E-state index in [0.29, 0.717) is 32.2 Å². The Morgan fingerprint density at radius 1 is 1.03 bits per heavy atom. The first-order chi connectivity index (χ1) is 16.2. The molecule has 1 aromatic heterocycles. The molecule has 2 atom stereocenters. The van der Waals surface area contributed by atoms with Gasteiger partial charge >= 0.3 is 6.03 Å². The molecule has 3 aliphatic rings. The number of carbonyl (C=O) groups excluding carboxylic acids is 1. The average molecular weight is 445 g/mol. The molecule has 0 N–H and O–H groups in total. The van der Waals surface area contributed by atoms with Crippen molar-refractivity contribution in [3.63, 3.8) is 0 Å². The summed E-state index contributed by atoms with van der Waals surface area (Å²) in [6.45, 7) is 6.24. The number of aryl methyl sites for hydroxylation is 1. The monoisotopic (exact) mass is 444 g/mol. The SMILES string of the molecule is CCc1ccc(C2CC(C3=NC(c4ccccn4)=CC3)CN(C(=O)N3CCOCC3)C2)cc1. The molecule has 2 fully saturated rings. The average Bonchev–Trinajstić information content (AvgIpc) is 3.40. The summed E-state index contributed by atoms with van der Waals surface area (Å²) in [6, 6.07) is 15.0. The zero-order valence-corrected chi connectivity index (χ0v) is 19.3. The number of ether oxygens (including phenoxy) is 1. The molecule has 0 saturated carbocycles. The normalized spacial score (nSPS) is 23.3. The lowest BCUT2D eigenvalue weighted by atomic mass is 9.81. The number of benzene rings is 1. The summed E-state index contributed by atoms with van der Waals surface area (Å²) in [4.78, 5) is 26.9. The van der Waals surface area contributed by atoms with Gasteiger partial charge in [-0.2, -0.15) is 0 Å². The van der Waals surface area contributed by atoms with Gasteiger partial charge in [-0.15, -0.1) is 0 Å². The van der Waals surface area contributed by atoms with Crippen molar-refractivity contribution in [2.24, 2.45) is 10.9 Å². The first-order valence-electron chi connectivity index (χ1n) is 12.1. The predicted molar refractivity (Wildman–Crippen MR) is 130 cm³/mol. The van der Waals surface area contributed by atoms with E-state index in [9.17, 15) is 4.79 Å². The number of nitrogens with zero attached hydrogens (tertiary/aromatic N) is 4. The maximum atomic E-state index is 13.4. The second-order valence-corrected chi connectivity index (χ2v) is 9.12. The summed E-state index contributed by atoms with van der Waals surface area (Å²) in [7, 11) is 0. The number of rotatable bonds is 4. The molecule has 172 valence electrons. The predicted octanol–water partition coefficient (Wildman–Crippen LogP) is 4.39. The largest absolute Gasteiger partial charge is 0.378 e. The second kappa shape index (κ2) is 9.87. The van der Waals surface area contributed by atoms with Gasteiger partial charge in [-0.3, -0.25) is 9.98 Å². The first kappa shape index (κ1) is 21.8. The molecule has 3 aliphatic heterocycles. The Kier molecular flexibility index (Phi) is 6.53. The molecule has 2 amide bonds. The Bertz CT molecular complexity index is 1030. The van der Waals surface area contributed by atoms with E-state index in [1.165, 1.54) is 16.8 Å². The van der Waals surface area contributed by atoms with Crippen molar-refractivity contribution in [1.29, 1.82) is 0 Å². The third-order valence-corrected chi connectivity index (χ3v) is 7.03. The van der Waals surface area contributed by atoms with Crippen molar-refractivity contribution in [3.8, 4) is 0 Å². The fourth-order valence-electron chi connectivity index (χ4n) is 5.10. The van der Waals surface area contributed by atoms with Gasteiger partial charge in [-0.05, 0) is 36.1 Å². The Morgan fingerprint density at radius 2 is 1.82 bits per heavy atom. The van der Waals surface area contributed by atoms with Gasteiger partial charge in [0.1, 0.15) is 0 Å². The number of piperidine rings is 1. The molecule has 0 aliphatic carbocycles. The summed E-state index contributed by atoms with van der Waals surface area (Å²) in [5.41, 5.74) is 5.69. The quantitative estimate of drug-likeness (QED) is 0.703. The molecule has 0 bridgehead atoms. The van der Waals surface area contributed by atoms with E-state index in [-0.39, 0.29) is 11.9 Å². The molecule has 2 saturated heterocycles. The highest BCUT2D eigenvalue weighted by atomic mass is 16.5. The van der Waals surface area contributed by atoms with Crippen molar-refractivity contribution in [1.82, 2.24) is 14.8 Å². The van der Waals surface area contributed by atoms with Crippen molar-refractivity contribution in [2.75, 3.05) is 39.4 Å². The Labute approximate surface area is 196 Å². The fourth-order valence-corrected chi connectivity index (χ4v) is 5.10. The smallest absolute Gasteiger partial charge is 0.320 e. The summed E-state index contributed by atoms with van der Waals surface area (Å²) in [6.07, 6.45) is 6.86. The Morgan fingerprint density at radius 3 is 2.55 bits per heavy atom. The first-order valence-corrected chi connectivity index (χ1v) is 12.1. The fraction of sp³-hybridized carbons (Fsp3) is 0.444. The van der Waals surface area contributed by atoms with Crippen molar-refractivity contribution < 1.29 is 9.53 Å². The minimum absolute atomic E-state index is 0.134. The highest BCUT2D eigenvalue weighted by molar-refractivity contribution is 5.97. The van der Waals surface area contributed by atoms with Gasteiger partial charge in [0.2, 0.25) is 0 Å². The number of amides is 2. The highest BCUT2D eigenvalue weighted by Gasteiger charge is 2.36. The number of pyridine rings is 1. The van der Waals surface area contributed by atoms with Crippen LogP contribution in [-0.4, -0.2) is 65.9 Å². The molecule has 2 unspecified atom stereocenters. The van der Waals surface area contributed by atoms with Crippen LogP contribution in [0.15, 0.2) is 59.7 Å². The number of hydrogen-bond acceptors (Lipinski definition) is 4. The molecular weight excluding hydrogens is 412 g/mol. The van der Waals surface area contributed by atoms with Gasteiger partial charge in [0.05, 0.1) is 24.6 Å². The van der Waals surface area contributed by atoms with Crippen molar-refractivity contribution >= 4 is 17.4 Å². The molecule has 6 heteroatoms. The van der Waals surface area contributed by atoms with Crippen LogP contribution < -0.4 is 0 Å². The van der Waals surface area contributed by atoms with Crippen LogP contribution in [0.3, 0.4) is 0 Å². The number of hydrogen-bond donors (Lipinski definition) is 0. The Balaban J connectivity index is 1.38. The second-order valence-electron chi connectivity index (χ2n) is 9.12. The molecule has 5 rings (SSSR count). The third-order valence-electron chi connectivity index (χ3n) is 7.03. The van der Waals surface area contributed by atoms with Crippen LogP contribution in [0.2, 0.25) is 0 Å². The van der Waals surface area contributed by atoms with E-state index in [4.69, 9.17) is 9.73 Å². The van der Waals surface area contributed by atoms with E-state index in [1.807, 2.05) is 29.3 Å². The van der Waals surface area contributed by atoms with E-state index in [2.05, 4.69) is 47.1 Å². The number of aliphatic imine (C=N–C) groups is 1. The number of morpholine rings is 1. The van der Waals surface area contributed by atoms with Gasteiger partial charge < -0.3 is 14.5 Å². The molecule has 2 aromatic rings. The molecule has 6 nitrogen and oxygen atoms in total. The summed E-state index contributed by atoms with van der Waals surface area (Å²) in [5.74, 6) is 0.554. The van der Waals surface area contributed by atoms with Gasteiger partial charge in [-0.25, -0.2) is 4.79 Å². The maximum absolute atomic E-state index is 13.4. The van der Waals surface area contributed by atoms with Crippen LogP contribution in [-0.2, 0) is 11.2 Å². The van der Waals surface area contributed by atoms with Crippen LogP contribution >= 0.6 is 0 Å². The molecule has 4 heterocycles. The molecule has 1 aromatic carbocycles. The number of aromatic nitrogens is 1. The summed E-state index contributed by atoms with van der Waals surface area (Å²) >= 11 is 0. The highest BCUT2D eigenvalue weighted by Crippen LogP contribution is 2.35. The van der Waals surface area contributed by atoms with Crippen molar-refractivity contribution in [2.45, 2.75) is 32.1 Å². The summed E-state index contributed by atoms with van der Waals surface area (Å²) in [5, 5.41) is 0. The number of likely N-dealkylation sites (tertiary alicyclic amines) is 1. The van der Waals surface area contributed by atoms with Crippen LogP contribution in [0, 0.1) is 5.92 Å². The van der Waals surface area contributed by atoms with E-state index in [1.54, 1.807) is 0 Å². The van der Waals surface area contributed by atoms with Gasteiger partial charge in [0.15, 0.2) is 0 Å². The minimum Gasteiger partial charge on any atom is -0.378 e. The molecular formula is C27H32N4O2. The minimum atomic E-state index is 0.134. The maximum Gasteiger partial charge on any atom is 0.320 e. The van der Waals surface area contributed by atoms with Crippen molar-refractivity contribution in [3.05, 3.63) is 71.6 Å². The lowest BCUT2D eigenvalue weighted by molar-refractivity contribution is 0.0396. The molecule has 0 radical (unpaired) electrons. The molecule has 33 heavy (non-hydrogen) atoms. The number of carbonyl (C=O) groups is 1. The van der Waals surface area contributed by atoms with E-state index >= 15 is 0 Å². The lowest BCUT2D eigenvalue weighted by Crippen LogP contribution is -2.53. The molecule has 0 spiro atoms. The zero-order chi connectivity index (χ0) is 22.6. The Hall–Kier alpha value is -2.99. The van der Waals surface area contributed by atoms with Crippen LogP contribution in [0.5, 0.6) is 0 Å². The third kappa shape index (κ3) is 4.86. The zero-order valence-electron chi connectivity index (χ0n) is 19.3. The van der Waals surface area contributed by atoms with Crippen LogP contribution in [0.1, 0.15) is 42.5 Å². The van der Waals surface area contributed by atoms with Crippen LogP contribution in [0.25, 0.3) is 5.70 Å². The number of urea groups is 1. The lowest BCUT2D eigenvalue weighted by Gasteiger charge is -2.41.